The van der Waals surface area contributed by atoms with Crippen LogP contribution in [0.2, 0.25) is 5.02 Å². The molecule has 0 heterocycles. The fourth-order valence-corrected chi connectivity index (χ4v) is 1.35. The minimum Gasteiger partial charge on any atom is -0.385 e. The Morgan fingerprint density at radius 3 is 2.43 bits per heavy atom. The molecule has 0 aliphatic carbocycles. The van der Waals surface area contributed by atoms with Crippen LogP contribution in [0.1, 0.15) is 18.6 Å². The number of benzene rings is 1. The van der Waals surface area contributed by atoms with Crippen LogP contribution in [0, 0.1) is 0 Å². The summed E-state index contributed by atoms with van der Waals surface area (Å²) in [4.78, 5) is 10.8. The van der Waals surface area contributed by atoms with Crippen molar-refractivity contribution < 1.29 is 15.0 Å². The third-order valence-corrected chi connectivity index (χ3v) is 2.28. The number of Topliss-reactive ketones (excluding diaryl/α,β-unsaturated/α-hetero) is 1. The second-order valence-corrected chi connectivity index (χ2v) is 3.43. The number of hydrogen-bond acceptors (Lipinski definition) is 3. The molecule has 0 radical (unpaired) electrons. The molecular formula is C10H11ClO3. The highest BCUT2D eigenvalue weighted by atomic mass is 35.5. The lowest BCUT2D eigenvalue weighted by atomic mass is 10.0. The Bertz CT molecular complexity index is 338. The first-order chi connectivity index (χ1) is 6.54. The van der Waals surface area contributed by atoms with E-state index in [1.165, 1.54) is 6.92 Å². The Balaban J connectivity index is 2.94. The van der Waals surface area contributed by atoms with Crippen LogP contribution in [-0.2, 0) is 4.79 Å². The van der Waals surface area contributed by atoms with Crippen molar-refractivity contribution in [2.75, 3.05) is 0 Å². The van der Waals surface area contributed by atoms with Crippen molar-refractivity contribution in [1.82, 2.24) is 0 Å². The standard InChI is InChI=1S/C10H11ClO3/c1-6(12)9(13)10(14)7-4-2-3-5-8(7)11/h2-5,9-10,13-14H,1H3/t9-,10-/m0/s1. The maximum Gasteiger partial charge on any atom is 0.161 e. The fraction of sp³-hybridized carbons (Fsp3) is 0.300. The van der Waals surface area contributed by atoms with Crippen LogP contribution in [0.3, 0.4) is 0 Å². The van der Waals surface area contributed by atoms with E-state index < -0.39 is 18.0 Å². The molecule has 0 fully saturated rings. The normalized spacial score (nSPS) is 14.9. The summed E-state index contributed by atoms with van der Waals surface area (Å²) in [6.45, 7) is 1.21. The third-order valence-electron chi connectivity index (χ3n) is 1.94. The van der Waals surface area contributed by atoms with E-state index in [1.54, 1.807) is 24.3 Å². The van der Waals surface area contributed by atoms with Crippen LogP contribution < -0.4 is 0 Å². The summed E-state index contributed by atoms with van der Waals surface area (Å²) in [5.41, 5.74) is 0.358. The fourth-order valence-electron chi connectivity index (χ4n) is 1.11. The third kappa shape index (κ3) is 2.32. The van der Waals surface area contributed by atoms with Crippen molar-refractivity contribution >= 4 is 17.4 Å². The molecule has 0 saturated carbocycles. The zero-order valence-electron chi connectivity index (χ0n) is 7.64. The number of carbonyl (C=O) groups excluding carboxylic acids is 1. The molecule has 1 aromatic carbocycles. The Hall–Kier alpha value is -0.900. The molecule has 0 aromatic heterocycles. The number of aliphatic hydroxyl groups excluding tert-OH is 2. The Kier molecular flexibility index (Phi) is 3.63. The predicted octanol–water partition coefficient (Wildman–Crippen LogP) is 1.32. The number of hydrogen-bond donors (Lipinski definition) is 2. The van der Waals surface area contributed by atoms with Gasteiger partial charge in [-0.25, -0.2) is 0 Å². The second kappa shape index (κ2) is 4.55. The van der Waals surface area contributed by atoms with Crippen molar-refractivity contribution in [3.05, 3.63) is 34.9 Å². The number of rotatable bonds is 3. The Morgan fingerprint density at radius 1 is 1.36 bits per heavy atom. The molecule has 76 valence electrons. The molecule has 0 saturated heterocycles. The van der Waals surface area contributed by atoms with Crippen molar-refractivity contribution in [2.24, 2.45) is 0 Å². The van der Waals surface area contributed by atoms with Gasteiger partial charge in [0.15, 0.2) is 5.78 Å². The molecule has 0 aliphatic rings. The highest BCUT2D eigenvalue weighted by molar-refractivity contribution is 6.31. The van der Waals surface area contributed by atoms with Gasteiger partial charge in [-0.05, 0) is 13.0 Å². The van der Waals surface area contributed by atoms with E-state index in [2.05, 4.69) is 0 Å². The van der Waals surface area contributed by atoms with Crippen molar-refractivity contribution in [2.45, 2.75) is 19.1 Å². The molecule has 0 aliphatic heterocycles. The van der Waals surface area contributed by atoms with Gasteiger partial charge in [0.2, 0.25) is 0 Å². The molecule has 3 nitrogen and oxygen atoms in total. The van der Waals surface area contributed by atoms with Crippen LogP contribution in [0.5, 0.6) is 0 Å². The second-order valence-electron chi connectivity index (χ2n) is 3.02. The predicted molar refractivity (Wildman–Crippen MR) is 53.1 cm³/mol. The smallest absolute Gasteiger partial charge is 0.161 e. The van der Waals surface area contributed by atoms with Gasteiger partial charge in [0.1, 0.15) is 12.2 Å². The van der Waals surface area contributed by atoms with E-state index in [0.29, 0.717) is 10.6 Å². The van der Waals surface area contributed by atoms with Gasteiger partial charge >= 0.3 is 0 Å². The largest absolute Gasteiger partial charge is 0.385 e. The summed E-state index contributed by atoms with van der Waals surface area (Å²) in [5, 5.41) is 19.2. The van der Waals surface area contributed by atoms with Gasteiger partial charge < -0.3 is 10.2 Å². The van der Waals surface area contributed by atoms with Gasteiger partial charge in [0.25, 0.3) is 0 Å². The molecular weight excluding hydrogens is 204 g/mol. The van der Waals surface area contributed by atoms with E-state index in [-0.39, 0.29) is 0 Å². The minimum atomic E-state index is -1.42. The highest BCUT2D eigenvalue weighted by Gasteiger charge is 2.23. The first kappa shape index (κ1) is 11.2. The molecule has 0 bridgehead atoms. The highest BCUT2D eigenvalue weighted by Crippen LogP contribution is 2.25. The average Bonchev–Trinajstić information content (AvgIpc) is 2.16. The van der Waals surface area contributed by atoms with E-state index in [1.807, 2.05) is 0 Å². The van der Waals surface area contributed by atoms with Crippen molar-refractivity contribution in [3.63, 3.8) is 0 Å². The van der Waals surface area contributed by atoms with Crippen LogP contribution in [-0.4, -0.2) is 22.1 Å². The molecule has 1 aromatic rings. The Labute approximate surface area is 86.9 Å². The van der Waals surface area contributed by atoms with E-state index in [0.717, 1.165) is 0 Å². The molecule has 0 unspecified atom stereocenters. The maximum absolute atomic E-state index is 10.8. The monoisotopic (exact) mass is 214 g/mol. The SMILES string of the molecule is CC(=O)[C@H](O)[C@@H](O)c1ccccc1Cl. The van der Waals surface area contributed by atoms with Gasteiger partial charge in [-0.3, -0.25) is 4.79 Å². The Morgan fingerprint density at radius 2 is 1.93 bits per heavy atom. The van der Waals surface area contributed by atoms with Crippen LogP contribution in [0.15, 0.2) is 24.3 Å². The first-order valence-electron chi connectivity index (χ1n) is 4.15. The number of aliphatic hydroxyl groups is 2. The number of halogens is 1. The molecule has 14 heavy (non-hydrogen) atoms. The van der Waals surface area contributed by atoms with Gasteiger partial charge in [0.05, 0.1) is 0 Å². The summed E-state index contributed by atoms with van der Waals surface area (Å²) >= 11 is 5.79. The van der Waals surface area contributed by atoms with E-state index in [9.17, 15) is 15.0 Å². The first-order valence-corrected chi connectivity index (χ1v) is 4.53. The summed E-state index contributed by atoms with van der Waals surface area (Å²) in [5.74, 6) is -0.489. The zero-order chi connectivity index (χ0) is 10.7. The lowest BCUT2D eigenvalue weighted by Crippen LogP contribution is -2.25. The zero-order valence-corrected chi connectivity index (χ0v) is 8.40. The maximum atomic E-state index is 10.8. The van der Waals surface area contributed by atoms with Gasteiger partial charge in [0, 0.05) is 10.6 Å². The topological polar surface area (TPSA) is 57.5 Å². The van der Waals surface area contributed by atoms with E-state index >= 15 is 0 Å². The van der Waals surface area contributed by atoms with Crippen LogP contribution in [0.4, 0.5) is 0 Å². The number of carbonyl (C=O) groups is 1. The molecule has 1 rings (SSSR count). The minimum absolute atomic E-state index is 0.334. The van der Waals surface area contributed by atoms with Crippen LogP contribution in [0.25, 0.3) is 0 Å². The van der Waals surface area contributed by atoms with Gasteiger partial charge in [-0.15, -0.1) is 0 Å². The van der Waals surface area contributed by atoms with Gasteiger partial charge in [-0.1, -0.05) is 29.8 Å². The van der Waals surface area contributed by atoms with Crippen molar-refractivity contribution in [1.29, 1.82) is 0 Å². The molecule has 2 atom stereocenters. The lowest BCUT2D eigenvalue weighted by Gasteiger charge is -2.16. The van der Waals surface area contributed by atoms with Crippen molar-refractivity contribution in [3.8, 4) is 0 Å². The average molecular weight is 215 g/mol. The van der Waals surface area contributed by atoms with Crippen LogP contribution >= 0.6 is 11.6 Å². The lowest BCUT2D eigenvalue weighted by molar-refractivity contribution is -0.130. The summed E-state index contributed by atoms with van der Waals surface area (Å²) in [6.07, 6.45) is -2.68. The molecule has 0 spiro atoms. The summed E-state index contributed by atoms with van der Waals surface area (Å²) in [6, 6.07) is 6.54. The summed E-state index contributed by atoms with van der Waals surface area (Å²) in [7, 11) is 0. The quantitative estimate of drug-likeness (QED) is 0.798. The molecule has 2 N–H and O–H groups in total. The number of ketones is 1. The molecule has 4 heteroatoms. The molecule has 0 amide bonds. The summed E-state index contributed by atoms with van der Waals surface area (Å²) < 4.78 is 0. The van der Waals surface area contributed by atoms with E-state index in [4.69, 9.17) is 11.6 Å². The van der Waals surface area contributed by atoms with Gasteiger partial charge in [-0.2, -0.15) is 0 Å².